The highest BCUT2D eigenvalue weighted by Crippen LogP contribution is 2.21. The minimum absolute atomic E-state index is 0.188. The first kappa shape index (κ1) is 19.0. The molecule has 0 aliphatic heterocycles. The summed E-state index contributed by atoms with van der Waals surface area (Å²) >= 11 is 0. The molecule has 2 aromatic rings. The molecule has 0 saturated carbocycles. The fourth-order valence-electron chi connectivity index (χ4n) is 2.29. The molecular formula is C20H25NO4. The van der Waals surface area contributed by atoms with Crippen molar-refractivity contribution >= 4 is 11.8 Å². The van der Waals surface area contributed by atoms with Crippen LogP contribution in [0.2, 0.25) is 0 Å². The summed E-state index contributed by atoms with van der Waals surface area (Å²) in [5.41, 5.74) is 2.69. The van der Waals surface area contributed by atoms with Crippen molar-refractivity contribution in [3.05, 3.63) is 65.7 Å². The Morgan fingerprint density at radius 2 is 1.56 bits per heavy atom. The van der Waals surface area contributed by atoms with E-state index in [2.05, 4.69) is 0 Å². The van der Waals surface area contributed by atoms with Gasteiger partial charge in [0.25, 0.3) is 0 Å². The van der Waals surface area contributed by atoms with E-state index in [4.69, 9.17) is 14.2 Å². The molecule has 0 radical (unpaired) electrons. The molecule has 2 rings (SSSR count). The number of aryl methyl sites for hydroxylation is 1. The maximum Gasteiger partial charge on any atom is 0.418 e. The van der Waals surface area contributed by atoms with Gasteiger partial charge in [0.1, 0.15) is 6.61 Å². The van der Waals surface area contributed by atoms with Crippen molar-refractivity contribution in [2.75, 3.05) is 18.1 Å². The maximum atomic E-state index is 12.7. The van der Waals surface area contributed by atoms with E-state index in [-0.39, 0.29) is 6.61 Å². The molecule has 1 amide bonds. The molecule has 0 N–H and O–H groups in total. The summed E-state index contributed by atoms with van der Waals surface area (Å²) in [7, 11) is 0. The standard InChI is InChI=1S/C20H25NO4/c1-4-23-20(24-5-2)21(18-13-11-16(3)12-14-18)19(22)25-15-17-9-7-6-8-10-17/h6-14,20H,4-5,15H2,1-3H3. The van der Waals surface area contributed by atoms with Gasteiger partial charge >= 0.3 is 6.09 Å². The minimum Gasteiger partial charge on any atom is -0.444 e. The number of rotatable bonds is 8. The number of amides is 1. The van der Waals surface area contributed by atoms with E-state index in [0.29, 0.717) is 18.9 Å². The largest absolute Gasteiger partial charge is 0.444 e. The summed E-state index contributed by atoms with van der Waals surface area (Å²) in [6.07, 6.45) is -1.35. The first-order valence-electron chi connectivity index (χ1n) is 8.45. The second-order valence-electron chi connectivity index (χ2n) is 5.46. The fourth-order valence-corrected chi connectivity index (χ4v) is 2.29. The van der Waals surface area contributed by atoms with Gasteiger partial charge in [-0.15, -0.1) is 0 Å². The zero-order valence-corrected chi connectivity index (χ0v) is 15.0. The van der Waals surface area contributed by atoms with E-state index in [1.165, 1.54) is 4.90 Å². The van der Waals surface area contributed by atoms with Gasteiger partial charge in [-0.3, -0.25) is 0 Å². The number of hydrogen-bond donors (Lipinski definition) is 0. The Balaban J connectivity index is 2.19. The number of anilines is 1. The molecular weight excluding hydrogens is 318 g/mol. The van der Waals surface area contributed by atoms with E-state index in [1.807, 2.05) is 75.4 Å². The maximum absolute atomic E-state index is 12.7. The Bertz CT molecular complexity index is 637. The van der Waals surface area contributed by atoms with E-state index >= 15 is 0 Å². The van der Waals surface area contributed by atoms with Gasteiger partial charge in [-0.1, -0.05) is 48.0 Å². The monoisotopic (exact) mass is 343 g/mol. The Morgan fingerprint density at radius 1 is 0.960 bits per heavy atom. The van der Waals surface area contributed by atoms with Gasteiger partial charge in [0, 0.05) is 13.2 Å². The third-order valence-corrected chi connectivity index (χ3v) is 3.54. The van der Waals surface area contributed by atoms with Crippen LogP contribution in [0.1, 0.15) is 25.0 Å². The van der Waals surface area contributed by atoms with Gasteiger partial charge in [-0.05, 0) is 38.5 Å². The highest BCUT2D eigenvalue weighted by atomic mass is 16.7. The highest BCUT2D eigenvalue weighted by molar-refractivity contribution is 5.87. The van der Waals surface area contributed by atoms with Crippen LogP contribution >= 0.6 is 0 Å². The zero-order chi connectivity index (χ0) is 18.1. The normalized spacial score (nSPS) is 10.7. The molecule has 0 aromatic heterocycles. The molecule has 2 aromatic carbocycles. The molecule has 0 unspecified atom stereocenters. The molecule has 0 aliphatic carbocycles. The van der Waals surface area contributed by atoms with Crippen LogP contribution in [0.5, 0.6) is 0 Å². The van der Waals surface area contributed by atoms with Crippen molar-refractivity contribution in [3.63, 3.8) is 0 Å². The van der Waals surface area contributed by atoms with Crippen LogP contribution < -0.4 is 4.90 Å². The molecule has 0 bridgehead atoms. The molecule has 0 fully saturated rings. The lowest BCUT2D eigenvalue weighted by molar-refractivity contribution is -0.133. The van der Waals surface area contributed by atoms with E-state index in [0.717, 1.165) is 11.1 Å². The third-order valence-electron chi connectivity index (χ3n) is 3.54. The molecule has 0 aliphatic rings. The van der Waals surface area contributed by atoms with Crippen molar-refractivity contribution in [2.24, 2.45) is 0 Å². The molecule has 0 atom stereocenters. The van der Waals surface area contributed by atoms with Crippen molar-refractivity contribution in [2.45, 2.75) is 33.8 Å². The molecule has 25 heavy (non-hydrogen) atoms. The second kappa shape index (κ2) is 9.81. The lowest BCUT2D eigenvalue weighted by Crippen LogP contribution is -2.44. The number of nitrogens with zero attached hydrogens (tertiary/aromatic N) is 1. The van der Waals surface area contributed by atoms with Crippen molar-refractivity contribution in [1.29, 1.82) is 0 Å². The molecule has 134 valence electrons. The quantitative estimate of drug-likeness (QED) is 0.662. The third kappa shape index (κ3) is 5.59. The lowest BCUT2D eigenvalue weighted by Gasteiger charge is -2.30. The number of carbonyl (C=O) groups is 1. The average molecular weight is 343 g/mol. The number of benzene rings is 2. The van der Waals surface area contributed by atoms with E-state index in [9.17, 15) is 4.79 Å². The van der Waals surface area contributed by atoms with E-state index in [1.54, 1.807) is 0 Å². The van der Waals surface area contributed by atoms with Crippen molar-refractivity contribution in [1.82, 2.24) is 0 Å². The zero-order valence-electron chi connectivity index (χ0n) is 15.0. The topological polar surface area (TPSA) is 48.0 Å². The van der Waals surface area contributed by atoms with Gasteiger partial charge in [0.15, 0.2) is 0 Å². The van der Waals surface area contributed by atoms with Gasteiger partial charge in [-0.25, -0.2) is 9.69 Å². The summed E-state index contributed by atoms with van der Waals surface area (Å²) in [6, 6.07) is 17.1. The summed E-state index contributed by atoms with van der Waals surface area (Å²) in [4.78, 5) is 14.1. The van der Waals surface area contributed by atoms with E-state index < -0.39 is 12.5 Å². The Kier molecular flexibility index (Phi) is 7.44. The summed E-state index contributed by atoms with van der Waals surface area (Å²) in [5.74, 6) is 0. The predicted octanol–water partition coefficient (Wildman–Crippen LogP) is 4.49. The van der Waals surface area contributed by atoms with Crippen LogP contribution in [-0.4, -0.2) is 25.7 Å². The Labute approximate surface area is 149 Å². The molecule has 0 spiro atoms. The minimum atomic E-state index is -0.832. The van der Waals surface area contributed by atoms with Gasteiger partial charge in [0.2, 0.25) is 6.41 Å². The molecule has 5 nitrogen and oxygen atoms in total. The van der Waals surface area contributed by atoms with Crippen LogP contribution in [0.15, 0.2) is 54.6 Å². The van der Waals surface area contributed by atoms with Crippen molar-refractivity contribution < 1.29 is 19.0 Å². The van der Waals surface area contributed by atoms with Gasteiger partial charge in [0.05, 0.1) is 5.69 Å². The molecule has 5 heteroatoms. The Hall–Kier alpha value is -2.37. The fraction of sp³-hybridized carbons (Fsp3) is 0.350. The second-order valence-corrected chi connectivity index (χ2v) is 5.46. The number of hydrogen-bond acceptors (Lipinski definition) is 4. The summed E-state index contributed by atoms with van der Waals surface area (Å²) in [5, 5.41) is 0. The van der Waals surface area contributed by atoms with Gasteiger partial charge in [-0.2, -0.15) is 0 Å². The SMILES string of the molecule is CCOC(OCC)N(C(=O)OCc1ccccc1)c1ccc(C)cc1. The number of carbonyl (C=O) groups excluding carboxylic acids is 1. The number of ether oxygens (including phenoxy) is 3. The molecule has 0 saturated heterocycles. The van der Waals surface area contributed by atoms with Gasteiger partial charge < -0.3 is 14.2 Å². The lowest BCUT2D eigenvalue weighted by atomic mass is 10.2. The smallest absolute Gasteiger partial charge is 0.418 e. The van der Waals surface area contributed by atoms with Crippen LogP contribution in [0.25, 0.3) is 0 Å². The summed E-state index contributed by atoms with van der Waals surface area (Å²) < 4.78 is 16.7. The van der Waals surface area contributed by atoms with Crippen molar-refractivity contribution in [3.8, 4) is 0 Å². The average Bonchev–Trinajstić information content (AvgIpc) is 2.63. The highest BCUT2D eigenvalue weighted by Gasteiger charge is 2.28. The summed E-state index contributed by atoms with van der Waals surface area (Å²) in [6.45, 7) is 6.72. The first-order valence-corrected chi connectivity index (χ1v) is 8.45. The predicted molar refractivity (Wildman–Crippen MR) is 97.3 cm³/mol. The van der Waals surface area contributed by atoms with Crippen LogP contribution in [0, 0.1) is 6.92 Å². The van der Waals surface area contributed by atoms with Crippen LogP contribution in [-0.2, 0) is 20.8 Å². The van der Waals surface area contributed by atoms with Crippen LogP contribution in [0.3, 0.4) is 0 Å². The van der Waals surface area contributed by atoms with Crippen LogP contribution in [0.4, 0.5) is 10.5 Å². The Morgan fingerprint density at radius 3 is 2.12 bits per heavy atom. The molecule has 0 heterocycles. The first-order chi connectivity index (χ1) is 12.2.